The molecule has 3 aromatic rings. The monoisotopic (exact) mass is 305 g/mol. The molecular weight excluding hydrogens is 293 g/mol. The van der Waals surface area contributed by atoms with E-state index < -0.39 is 5.82 Å². The maximum atomic E-state index is 13.8. The van der Waals surface area contributed by atoms with Gasteiger partial charge in [0.25, 0.3) is 0 Å². The predicted octanol–water partition coefficient (Wildman–Crippen LogP) is 3.72. The fourth-order valence-electron chi connectivity index (χ4n) is 2.33. The Kier molecular flexibility index (Phi) is 3.22. The van der Waals surface area contributed by atoms with Gasteiger partial charge in [-0.05, 0) is 24.6 Å². The Balaban J connectivity index is 2.36. The van der Waals surface area contributed by atoms with Crippen LogP contribution in [0, 0.1) is 12.7 Å². The van der Waals surface area contributed by atoms with Crippen molar-refractivity contribution in [2.75, 3.05) is 12.8 Å². The molecule has 0 fully saturated rings. The van der Waals surface area contributed by atoms with Crippen LogP contribution in [0.25, 0.3) is 16.7 Å². The number of nitrogens with zero attached hydrogens (tertiary/aromatic N) is 2. The van der Waals surface area contributed by atoms with Gasteiger partial charge in [-0.25, -0.2) is 9.37 Å². The molecule has 2 N–H and O–H groups in total. The zero-order chi connectivity index (χ0) is 15.1. The van der Waals surface area contributed by atoms with Gasteiger partial charge in [0.05, 0.1) is 23.8 Å². The molecular formula is C15H13ClFN3O. The highest BCUT2D eigenvalue weighted by Gasteiger charge is 2.15. The van der Waals surface area contributed by atoms with E-state index in [1.54, 1.807) is 22.8 Å². The molecule has 0 saturated heterocycles. The van der Waals surface area contributed by atoms with E-state index in [1.807, 2.05) is 13.0 Å². The first-order valence-corrected chi connectivity index (χ1v) is 6.67. The summed E-state index contributed by atoms with van der Waals surface area (Å²) >= 11 is 6.06. The highest BCUT2D eigenvalue weighted by atomic mass is 35.5. The lowest BCUT2D eigenvalue weighted by atomic mass is 10.2. The van der Waals surface area contributed by atoms with Gasteiger partial charge in [0.2, 0.25) is 5.95 Å². The van der Waals surface area contributed by atoms with E-state index in [2.05, 4.69) is 4.98 Å². The topological polar surface area (TPSA) is 53.1 Å². The number of imidazole rings is 1. The fourth-order valence-corrected chi connectivity index (χ4v) is 2.50. The smallest absolute Gasteiger partial charge is 0.205 e. The van der Waals surface area contributed by atoms with E-state index in [0.29, 0.717) is 16.1 Å². The third-order valence-corrected chi connectivity index (χ3v) is 3.60. The average molecular weight is 306 g/mol. The Morgan fingerprint density at radius 2 is 2.05 bits per heavy atom. The van der Waals surface area contributed by atoms with E-state index in [9.17, 15) is 4.39 Å². The zero-order valence-electron chi connectivity index (χ0n) is 11.5. The van der Waals surface area contributed by atoms with Crippen LogP contribution in [-0.4, -0.2) is 16.7 Å². The molecule has 1 aromatic heterocycles. The number of halogens is 2. The van der Waals surface area contributed by atoms with Crippen molar-refractivity contribution in [3.8, 4) is 11.4 Å². The minimum absolute atomic E-state index is 0.142. The van der Waals surface area contributed by atoms with Crippen LogP contribution in [-0.2, 0) is 0 Å². The second-order valence-electron chi connectivity index (χ2n) is 4.71. The SMILES string of the molecule is COc1cc2c(cc1F)nc(N)n2-c1cc(Cl)ccc1C. The van der Waals surface area contributed by atoms with Gasteiger partial charge in [-0.3, -0.25) is 4.57 Å². The van der Waals surface area contributed by atoms with E-state index in [4.69, 9.17) is 22.1 Å². The van der Waals surface area contributed by atoms with Crippen LogP contribution in [0.15, 0.2) is 30.3 Å². The number of rotatable bonds is 2. The third-order valence-electron chi connectivity index (χ3n) is 3.37. The maximum absolute atomic E-state index is 13.8. The molecule has 0 unspecified atom stereocenters. The van der Waals surface area contributed by atoms with Crippen molar-refractivity contribution in [3.05, 3.63) is 46.7 Å². The summed E-state index contributed by atoms with van der Waals surface area (Å²) in [4.78, 5) is 4.20. The highest BCUT2D eigenvalue weighted by Crippen LogP contribution is 2.31. The minimum Gasteiger partial charge on any atom is -0.494 e. The van der Waals surface area contributed by atoms with E-state index in [0.717, 1.165) is 11.3 Å². The average Bonchev–Trinajstić information content (AvgIpc) is 2.75. The Hall–Kier alpha value is -2.27. The summed E-state index contributed by atoms with van der Waals surface area (Å²) in [6.07, 6.45) is 0. The fraction of sp³-hybridized carbons (Fsp3) is 0.133. The lowest BCUT2D eigenvalue weighted by Crippen LogP contribution is -2.02. The van der Waals surface area contributed by atoms with Crippen LogP contribution in [0.5, 0.6) is 5.75 Å². The van der Waals surface area contributed by atoms with Crippen LogP contribution >= 0.6 is 11.6 Å². The molecule has 0 aliphatic rings. The molecule has 0 spiro atoms. The summed E-state index contributed by atoms with van der Waals surface area (Å²) in [5.74, 6) is -0.0659. The van der Waals surface area contributed by atoms with Gasteiger partial charge in [0, 0.05) is 17.2 Å². The van der Waals surface area contributed by atoms with Gasteiger partial charge in [-0.1, -0.05) is 17.7 Å². The highest BCUT2D eigenvalue weighted by molar-refractivity contribution is 6.30. The second kappa shape index (κ2) is 4.93. The van der Waals surface area contributed by atoms with Gasteiger partial charge < -0.3 is 10.5 Å². The molecule has 0 amide bonds. The second-order valence-corrected chi connectivity index (χ2v) is 5.15. The number of methoxy groups -OCH3 is 1. The van der Waals surface area contributed by atoms with Crippen molar-refractivity contribution in [1.82, 2.24) is 9.55 Å². The predicted molar refractivity (Wildman–Crippen MR) is 81.7 cm³/mol. The Morgan fingerprint density at radius 3 is 2.76 bits per heavy atom. The summed E-state index contributed by atoms with van der Waals surface area (Å²) in [6, 6.07) is 8.37. The zero-order valence-corrected chi connectivity index (χ0v) is 12.3. The molecule has 108 valence electrons. The summed E-state index contributed by atoms with van der Waals surface area (Å²) in [6.45, 7) is 1.94. The lowest BCUT2D eigenvalue weighted by molar-refractivity contribution is 0.387. The molecule has 21 heavy (non-hydrogen) atoms. The van der Waals surface area contributed by atoms with Crippen LogP contribution in [0.1, 0.15) is 5.56 Å². The van der Waals surface area contributed by atoms with Crippen LogP contribution in [0.3, 0.4) is 0 Å². The quantitative estimate of drug-likeness (QED) is 0.785. The lowest BCUT2D eigenvalue weighted by Gasteiger charge is -2.11. The number of fused-ring (bicyclic) bond motifs is 1. The largest absolute Gasteiger partial charge is 0.494 e. The molecule has 0 radical (unpaired) electrons. The Morgan fingerprint density at radius 1 is 1.29 bits per heavy atom. The normalized spacial score (nSPS) is 11.0. The summed E-state index contributed by atoms with van der Waals surface area (Å²) in [5.41, 5.74) is 8.90. The number of benzene rings is 2. The van der Waals surface area contributed by atoms with Crippen molar-refractivity contribution in [2.24, 2.45) is 0 Å². The van der Waals surface area contributed by atoms with Gasteiger partial charge >= 0.3 is 0 Å². The van der Waals surface area contributed by atoms with E-state index in [-0.39, 0.29) is 11.7 Å². The van der Waals surface area contributed by atoms with E-state index >= 15 is 0 Å². The Labute approximate surface area is 125 Å². The molecule has 1 heterocycles. The molecule has 4 nitrogen and oxygen atoms in total. The number of aryl methyl sites for hydroxylation is 1. The molecule has 6 heteroatoms. The molecule has 0 saturated carbocycles. The maximum Gasteiger partial charge on any atom is 0.205 e. The molecule has 0 aliphatic heterocycles. The van der Waals surface area contributed by atoms with Crippen LogP contribution in [0.4, 0.5) is 10.3 Å². The summed E-state index contributed by atoms with van der Waals surface area (Å²) in [7, 11) is 1.42. The Bertz CT molecular complexity index is 845. The third kappa shape index (κ3) is 2.19. The molecule has 3 rings (SSSR count). The van der Waals surface area contributed by atoms with Crippen molar-refractivity contribution in [1.29, 1.82) is 0 Å². The summed E-state index contributed by atoms with van der Waals surface area (Å²) in [5, 5.41) is 0.589. The number of nitrogen functional groups attached to an aromatic ring is 1. The van der Waals surface area contributed by atoms with Crippen molar-refractivity contribution in [2.45, 2.75) is 6.92 Å². The molecule has 0 atom stereocenters. The number of hydrogen-bond donors (Lipinski definition) is 1. The number of nitrogens with two attached hydrogens (primary N) is 1. The van der Waals surface area contributed by atoms with Gasteiger partial charge in [0.1, 0.15) is 0 Å². The standard InChI is InChI=1S/C15H13ClFN3O/c1-8-3-4-9(16)5-12(8)20-13-7-14(21-2)10(17)6-11(13)19-15(20)18/h3-7H,1-2H3,(H2,18,19). The van der Waals surface area contributed by atoms with Gasteiger partial charge in [-0.2, -0.15) is 0 Å². The van der Waals surface area contributed by atoms with Crippen molar-refractivity contribution < 1.29 is 9.13 Å². The van der Waals surface area contributed by atoms with Crippen molar-refractivity contribution in [3.63, 3.8) is 0 Å². The number of aromatic nitrogens is 2. The first-order valence-electron chi connectivity index (χ1n) is 6.29. The number of anilines is 1. The first-order chi connectivity index (χ1) is 10.0. The van der Waals surface area contributed by atoms with Crippen molar-refractivity contribution >= 4 is 28.6 Å². The number of ether oxygens (including phenoxy) is 1. The molecule has 0 aliphatic carbocycles. The summed E-state index contributed by atoms with van der Waals surface area (Å²) < 4.78 is 20.5. The molecule has 0 bridgehead atoms. The van der Waals surface area contributed by atoms with Gasteiger partial charge in [0.15, 0.2) is 11.6 Å². The minimum atomic E-state index is -0.475. The van der Waals surface area contributed by atoms with E-state index in [1.165, 1.54) is 13.2 Å². The van der Waals surface area contributed by atoms with Gasteiger partial charge in [-0.15, -0.1) is 0 Å². The number of hydrogen-bond acceptors (Lipinski definition) is 3. The van der Waals surface area contributed by atoms with Crippen LogP contribution in [0.2, 0.25) is 5.02 Å². The van der Waals surface area contributed by atoms with Crippen LogP contribution < -0.4 is 10.5 Å². The molecule has 2 aromatic carbocycles. The first kappa shape index (κ1) is 13.7.